The highest BCUT2D eigenvalue weighted by atomic mass is 32.1. The third-order valence-corrected chi connectivity index (χ3v) is 5.50. The van der Waals surface area contributed by atoms with Gasteiger partial charge in [-0.2, -0.15) is 5.10 Å². The highest BCUT2D eigenvalue weighted by Gasteiger charge is 2.22. The van der Waals surface area contributed by atoms with Crippen LogP contribution in [0, 0.1) is 13.8 Å². The number of benzene rings is 1. The van der Waals surface area contributed by atoms with Crippen LogP contribution in [0.15, 0.2) is 41.8 Å². The quantitative estimate of drug-likeness (QED) is 0.565. The number of ether oxygens (including phenoxy) is 2. The van der Waals surface area contributed by atoms with E-state index in [0.717, 1.165) is 16.3 Å². The molecular formula is C21H24N4O4S. The Morgan fingerprint density at radius 1 is 1.13 bits per heavy atom. The van der Waals surface area contributed by atoms with Crippen LogP contribution in [0.2, 0.25) is 0 Å². The first kappa shape index (κ1) is 21.4. The average molecular weight is 429 g/mol. The summed E-state index contributed by atoms with van der Waals surface area (Å²) >= 11 is 1.57. The normalized spacial score (nSPS) is 11.6. The third kappa shape index (κ3) is 4.80. The molecule has 30 heavy (non-hydrogen) atoms. The van der Waals surface area contributed by atoms with Gasteiger partial charge in [0.15, 0.2) is 0 Å². The Bertz CT molecular complexity index is 1030. The topological polar surface area (TPSA) is 94.5 Å². The molecule has 1 atom stereocenters. The van der Waals surface area contributed by atoms with Crippen molar-refractivity contribution < 1.29 is 19.1 Å². The molecule has 0 aliphatic rings. The average Bonchev–Trinajstić information content (AvgIpc) is 3.38. The zero-order valence-electron chi connectivity index (χ0n) is 17.3. The number of carbonyl (C=O) groups excluding carboxylic acids is 2. The summed E-state index contributed by atoms with van der Waals surface area (Å²) < 4.78 is 12.3. The van der Waals surface area contributed by atoms with E-state index in [1.54, 1.807) is 29.5 Å². The Balaban J connectivity index is 1.70. The molecule has 2 aromatic heterocycles. The number of nitrogens with zero attached hydrogens (tertiary/aromatic N) is 2. The second-order valence-corrected chi connectivity index (χ2v) is 7.61. The van der Waals surface area contributed by atoms with Crippen molar-refractivity contribution >= 4 is 28.8 Å². The van der Waals surface area contributed by atoms with Crippen LogP contribution in [-0.2, 0) is 9.59 Å². The van der Waals surface area contributed by atoms with Gasteiger partial charge in [-0.05, 0) is 43.5 Å². The largest absolute Gasteiger partial charge is 0.497 e. The molecule has 158 valence electrons. The molecule has 0 bridgehead atoms. The molecule has 2 N–H and O–H groups in total. The lowest BCUT2D eigenvalue weighted by atomic mass is 10.2. The molecule has 3 aromatic rings. The van der Waals surface area contributed by atoms with E-state index in [4.69, 9.17) is 9.47 Å². The molecule has 0 aliphatic heterocycles. The summed E-state index contributed by atoms with van der Waals surface area (Å²) in [5, 5.41) is 11.8. The van der Waals surface area contributed by atoms with Crippen LogP contribution in [0.25, 0.3) is 0 Å². The molecule has 3 rings (SSSR count). The summed E-state index contributed by atoms with van der Waals surface area (Å²) in [5.41, 5.74) is 2.25. The molecule has 0 saturated carbocycles. The molecule has 0 fully saturated rings. The molecule has 2 heterocycles. The number of rotatable bonds is 7. The van der Waals surface area contributed by atoms with Gasteiger partial charge in [-0.25, -0.2) is 0 Å². The van der Waals surface area contributed by atoms with E-state index in [1.807, 2.05) is 42.1 Å². The van der Waals surface area contributed by atoms with Gasteiger partial charge in [-0.3, -0.25) is 14.3 Å². The molecule has 0 saturated heterocycles. The molecule has 0 aliphatic carbocycles. The molecule has 0 radical (unpaired) electrons. The number of aryl methyl sites for hydroxylation is 2. The van der Waals surface area contributed by atoms with E-state index in [-0.39, 0.29) is 12.6 Å². The fraction of sp³-hybridized carbons (Fsp3) is 0.286. The number of hydrogen-bond donors (Lipinski definition) is 2. The van der Waals surface area contributed by atoms with E-state index < -0.39 is 11.8 Å². The van der Waals surface area contributed by atoms with Gasteiger partial charge >= 0.3 is 11.8 Å². The van der Waals surface area contributed by atoms with Crippen molar-refractivity contribution in [1.29, 1.82) is 0 Å². The maximum Gasteiger partial charge on any atom is 0.313 e. The summed E-state index contributed by atoms with van der Waals surface area (Å²) in [7, 11) is 3.01. The first-order chi connectivity index (χ1) is 14.4. The summed E-state index contributed by atoms with van der Waals surface area (Å²) in [6.45, 7) is 4.11. The monoisotopic (exact) mass is 428 g/mol. The van der Waals surface area contributed by atoms with Crippen LogP contribution >= 0.6 is 11.3 Å². The number of thiophene rings is 1. The van der Waals surface area contributed by atoms with Crippen molar-refractivity contribution in [3.05, 3.63) is 58.0 Å². The lowest BCUT2D eigenvalue weighted by Gasteiger charge is -2.19. The maximum atomic E-state index is 12.5. The molecule has 1 unspecified atom stereocenters. The lowest BCUT2D eigenvalue weighted by molar-refractivity contribution is -0.136. The van der Waals surface area contributed by atoms with E-state index in [9.17, 15) is 9.59 Å². The fourth-order valence-corrected chi connectivity index (χ4v) is 3.91. The minimum absolute atomic E-state index is 0.203. The predicted octanol–water partition coefficient (Wildman–Crippen LogP) is 2.92. The van der Waals surface area contributed by atoms with E-state index in [0.29, 0.717) is 17.2 Å². The van der Waals surface area contributed by atoms with Crippen molar-refractivity contribution in [2.75, 3.05) is 26.1 Å². The van der Waals surface area contributed by atoms with Gasteiger partial charge in [0, 0.05) is 23.2 Å². The zero-order chi connectivity index (χ0) is 21.7. The summed E-state index contributed by atoms with van der Waals surface area (Å²) in [6.07, 6.45) is 0. The first-order valence-electron chi connectivity index (χ1n) is 9.30. The number of amides is 2. The number of carbonyl (C=O) groups is 2. The number of hydrogen-bond acceptors (Lipinski definition) is 6. The van der Waals surface area contributed by atoms with Gasteiger partial charge in [0.25, 0.3) is 0 Å². The van der Waals surface area contributed by atoms with E-state index >= 15 is 0 Å². The van der Waals surface area contributed by atoms with Gasteiger partial charge in [0.05, 0.1) is 25.6 Å². The predicted molar refractivity (Wildman–Crippen MR) is 115 cm³/mol. The van der Waals surface area contributed by atoms with Crippen LogP contribution in [0.1, 0.15) is 22.3 Å². The fourth-order valence-electron chi connectivity index (χ4n) is 3.10. The molecular weight excluding hydrogens is 404 g/mol. The SMILES string of the molecule is COc1ccc(NC(=O)C(=O)NCC(c2cccs2)n2nc(C)cc2C)c(OC)c1. The molecule has 8 nitrogen and oxygen atoms in total. The van der Waals surface area contributed by atoms with Crippen LogP contribution in [0.4, 0.5) is 5.69 Å². The van der Waals surface area contributed by atoms with Gasteiger partial charge in [0.1, 0.15) is 17.5 Å². The van der Waals surface area contributed by atoms with Crippen LogP contribution in [0.3, 0.4) is 0 Å². The van der Waals surface area contributed by atoms with Crippen molar-refractivity contribution in [1.82, 2.24) is 15.1 Å². The maximum absolute atomic E-state index is 12.5. The van der Waals surface area contributed by atoms with E-state index in [1.165, 1.54) is 14.2 Å². The summed E-state index contributed by atoms with van der Waals surface area (Å²) in [5.74, 6) is -0.541. The van der Waals surface area contributed by atoms with Crippen LogP contribution in [0.5, 0.6) is 11.5 Å². The Morgan fingerprint density at radius 2 is 1.93 bits per heavy atom. The number of methoxy groups -OCH3 is 2. The lowest BCUT2D eigenvalue weighted by Crippen LogP contribution is -2.39. The van der Waals surface area contributed by atoms with Crippen LogP contribution in [-0.4, -0.2) is 42.4 Å². The van der Waals surface area contributed by atoms with Crippen molar-refractivity contribution in [3.63, 3.8) is 0 Å². The third-order valence-electron chi connectivity index (χ3n) is 4.53. The van der Waals surface area contributed by atoms with Gasteiger partial charge in [-0.1, -0.05) is 6.07 Å². The Hall–Kier alpha value is -3.33. The molecule has 9 heteroatoms. The van der Waals surface area contributed by atoms with Crippen molar-refractivity contribution in [2.45, 2.75) is 19.9 Å². The second kappa shape index (κ2) is 9.45. The highest BCUT2D eigenvalue weighted by molar-refractivity contribution is 7.10. The van der Waals surface area contributed by atoms with Gasteiger partial charge < -0.3 is 20.1 Å². The van der Waals surface area contributed by atoms with Crippen LogP contribution < -0.4 is 20.1 Å². The standard InChI is InChI=1S/C21H24N4O4S/c1-13-10-14(2)25(24-13)17(19-6-5-9-30-19)12-22-20(26)21(27)23-16-8-7-15(28-3)11-18(16)29-4/h5-11,17H,12H2,1-4H3,(H,22,26)(H,23,27). The van der Waals surface area contributed by atoms with Gasteiger partial charge in [0.2, 0.25) is 0 Å². The first-order valence-corrected chi connectivity index (χ1v) is 10.2. The molecule has 0 spiro atoms. The summed E-state index contributed by atoms with van der Waals surface area (Å²) in [4.78, 5) is 25.9. The molecule has 1 aromatic carbocycles. The number of anilines is 1. The molecule has 2 amide bonds. The minimum atomic E-state index is -0.781. The number of aromatic nitrogens is 2. The smallest absolute Gasteiger partial charge is 0.313 e. The van der Waals surface area contributed by atoms with Gasteiger partial charge in [-0.15, -0.1) is 11.3 Å². The summed E-state index contributed by atoms with van der Waals surface area (Å²) in [6, 6.07) is 10.6. The Kier molecular flexibility index (Phi) is 6.73. The zero-order valence-corrected chi connectivity index (χ0v) is 18.1. The Morgan fingerprint density at radius 3 is 2.53 bits per heavy atom. The minimum Gasteiger partial charge on any atom is -0.497 e. The second-order valence-electron chi connectivity index (χ2n) is 6.63. The van der Waals surface area contributed by atoms with Crippen molar-refractivity contribution in [3.8, 4) is 11.5 Å². The van der Waals surface area contributed by atoms with E-state index in [2.05, 4.69) is 15.7 Å². The van der Waals surface area contributed by atoms with Crippen molar-refractivity contribution in [2.24, 2.45) is 0 Å². The highest BCUT2D eigenvalue weighted by Crippen LogP contribution is 2.29. The number of nitrogens with one attached hydrogen (secondary N) is 2. The Labute approximate surface area is 178 Å².